The van der Waals surface area contributed by atoms with Crippen molar-refractivity contribution in [3.8, 4) is 0 Å². The van der Waals surface area contributed by atoms with Crippen LogP contribution in [0.2, 0.25) is 0 Å². The van der Waals surface area contributed by atoms with Gasteiger partial charge < -0.3 is 10.4 Å². The fourth-order valence-corrected chi connectivity index (χ4v) is 1.98. The lowest BCUT2D eigenvalue weighted by molar-refractivity contribution is 0.236. The fourth-order valence-electron chi connectivity index (χ4n) is 1.98. The zero-order valence-electron chi connectivity index (χ0n) is 8.59. The molecule has 2 rings (SSSR count). The van der Waals surface area contributed by atoms with Crippen LogP contribution in [-0.2, 0) is 19.4 Å². The third kappa shape index (κ3) is 1.81. The van der Waals surface area contributed by atoms with Crippen molar-refractivity contribution in [2.75, 3.05) is 6.61 Å². The lowest BCUT2D eigenvalue weighted by Gasteiger charge is -2.25. The Hall–Kier alpha value is -0.860. The van der Waals surface area contributed by atoms with E-state index in [-0.39, 0.29) is 12.6 Å². The van der Waals surface area contributed by atoms with Crippen molar-refractivity contribution in [2.45, 2.75) is 32.4 Å². The van der Waals surface area contributed by atoms with Crippen molar-refractivity contribution in [2.24, 2.45) is 0 Å². The number of hydrogen-bond acceptors (Lipinski definition) is 2. The van der Waals surface area contributed by atoms with Crippen LogP contribution in [0.4, 0.5) is 0 Å². The highest BCUT2D eigenvalue weighted by molar-refractivity contribution is 5.34. The summed E-state index contributed by atoms with van der Waals surface area (Å²) in [5.74, 6) is 0. The first-order chi connectivity index (χ1) is 6.83. The van der Waals surface area contributed by atoms with Gasteiger partial charge in [-0.3, -0.25) is 0 Å². The van der Waals surface area contributed by atoms with E-state index in [1.807, 2.05) is 0 Å². The first kappa shape index (κ1) is 9.69. The molecule has 14 heavy (non-hydrogen) atoms. The average Bonchev–Trinajstić information content (AvgIpc) is 2.27. The number of nitrogens with one attached hydrogen (secondary N) is 1. The Balaban J connectivity index is 2.25. The minimum Gasteiger partial charge on any atom is -0.395 e. The second-order valence-corrected chi connectivity index (χ2v) is 3.92. The summed E-state index contributed by atoms with van der Waals surface area (Å²) in [6, 6.07) is 6.92. The molecule has 0 spiro atoms. The van der Waals surface area contributed by atoms with E-state index in [1.54, 1.807) is 0 Å². The molecule has 1 aliphatic heterocycles. The molecule has 76 valence electrons. The molecule has 2 heteroatoms. The summed E-state index contributed by atoms with van der Waals surface area (Å²) < 4.78 is 0. The lowest BCUT2D eigenvalue weighted by atomic mass is 9.94. The molecule has 2 N–H and O–H groups in total. The number of aliphatic hydroxyl groups is 1. The number of rotatable bonds is 2. The summed E-state index contributed by atoms with van der Waals surface area (Å²) in [7, 11) is 0. The summed E-state index contributed by atoms with van der Waals surface area (Å²) >= 11 is 0. The van der Waals surface area contributed by atoms with Crippen molar-refractivity contribution in [3.63, 3.8) is 0 Å². The second-order valence-electron chi connectivity index (χ2n) is 3.92. The molecule has 0 saturated heterocycles. The van der Waals surface area contributed by atoms with Crippen molar-refractivity contribution in [3.05, 3.63) is 34.9 Å². The molecule has 1 heterocycles. The standard InChI is InChI=1S/C12H17NO/c1-2-9-3-4-10-7-13-12(8-14)6-11(10)5-9/h3-5,12-14H,2,6-8H2,1H3. The molecule has 1 atom stereocenters. The van der Waals surface area contributed by atoms with Gasteiger partial charge in [0.15, 0.2) is 0 Å². The predicted octanol–water partition coefficient (Wildman–Crippen LogP) is 1.26. The molecule has 0 saturated carbocycles. The van der Waals surface area contributed by atoms with Crippen LogP contribution in [0, 0.1) is 0 Å². The van der Waals surface area contributed by atoms with Crippen LogP contribution in [0.15, 0.2) is 18.2 Å². The van der Waals surface area contributed by atoms with E-state index >= 15 is 0 Å². The molecule has 1 aromatic rings. The van der Waals surface area contributed by atoms with E-state index in [1.165, 1.54) is 16.7 Å². The Labute approximate surface area is 85.0 Å². The predicted molar refractivity (Wildman–Crippen MR) is 57.2 cm³/mol. The van der Waals surface area contributed by atoms with Gasteiger partial charge in [0, 0.05) is 12.6 Å². The quantitative estimate of drug-likeness (QED) is 0.737. The summed E-state index contributed by atoms with van der Waals surface area (Å²) in [6.07, 6.45) is 2.05. The number of aliphatic hydroxyl groups excluding tert-OH is 1. The highest BCUT2D eigenvalue weighted by Gasteiger charge is 2.16. The van der Waals surface area contributed by atoms with Gasteiger partial charge in [-0.05, 0) is 29.5 Å². The van der Waals surface area contributed by atoms with Crippen molar-refractivity contribution in [1.29, 1.82) is 0 Å². The van der Waals surface area contributed by atoms with Crippen molar-refractivity contribution < 1.29 is 5.11 Å². The van der Waals surface area contributed by atoms with Gasteiger partial charge in [0.25, 0.3) is 0 Å². The maximum Gasteiger partial charge on any atom is 0.0587 e. The van der Waals surface area contributed by atoms with Gasteiger partial charge in [-0.1, -0.05) is 25.1 Å². The minimum atomic E-state index is 0.232. The molecule has 0 radical (unpaired) electrons. The van der Waals surface area contributed by atoms with Crippen LogP contribution in [-0.4, -0.2) is 17.8 Å². The van der Waals surface area contributed by atoms with Crippen LogP contribution >= 0.6 is 0 Å². The molecule has 0 amide bonds. The van der Waals surface area contributed by atoms with E-state index in [0.717, 1.165) is 19.4 Å². The average molecular weight is 191 g/mol. The van der Waals surface area contributed by atoms with E-state index in [0.29, 0.717) is 0 Å². The number of benzene rings is 1. The fraction of sp³-hybridized carbons (Fsp3) is 0.500. The van der Waals surface area contributed by atoms with E-state index in [4.69, 9.17) is 5.11 Å². The normalized spacial score (nSPS) is 20.6. The third-order valence-corrected chi connectivity index (χ3v) is 2.95. The van der Waals surface area contributed by atoms with Crippen molar-refractivity contribution in [1.82, 2.24) is 5.32 Å². The number of aryl methyl sites for hydroxylation is 1. The summed E-state index contributed by atoms with van der Waals surface area (Å²) in [4.78, 5) is 0. The smallest absolute Gasteiger partial charge is 0.0587 e. The second kappa shape index (κ2) is 4.11. The van der Waals surface area contributed by atoms with E-state index in [2.05, 4.69) is 30.4 Å². The summed E-state index contributed by atoms with van der Waals surface area (Å²) in [5.41, 5.74) is 4.18. The topological polar surface area (TPSA) is 32.3 Å². The van der Waals surface area contributed by atoms with Gasteiger partial charge >= 0.3 is 0 Å². The highest BCUT2D eigenvalue weighted by atomic mass is 16.3. The Kier molecular flexibility index (Phi) is 2.85. The van der Waals surface area contributed by atoms with Gasteiger partial charge in [-0.25, -0.2) is 0 Å². The van der Waals surface area contributed by atoms with Gasteiger partial charge in [0.2, 0.25) is 0 Å². The van der Waals surface area contributed by atoms with Crippen LogP contribution in [0.25, 0.3) is 0 Å². The Morgan fingerprint density at radius 1 is 1.43 bits per heavy atom. The Morgan fingerprint density at radius 3 is 3.00 bits per heavy atom. The molecule has 0 fully saturated rings. The minimum absolute atomic E-state index is 0.232. The SMILES string of the molecule is CCc1ccc2c(c1)CC(CO)NC2. The summed E-state index contributed by atoms with van der Waals surface area (Å²) in [6.45, 7) is 3.30. The zero-order valence-corrected chi connectivity index (χ0v) is 8.59. The maximum absolute atomic E-state index is 9.08. The first-order valence-corrected chi connectivity index (χ1v) is 5.28. The van der Waals surface area contributed by atoms with Crippen LogP contribution in [0.1, 0.15) is 23.6 Å². The molecule has 0 aromatic heterocycles. The molecule has 1 unspecified atom stereocenters. The number of fused-ring (bicyclic) bond motifs is 1. The highest BCUT2D eigenvalue weighted by Crippen LogP contribution is 2.18. The first-order valence-electron chi connectivity index (χ1n) is 5.28. The van der Waals surface area contributed by atoms with Crippen LogP contribution in [0.3, 0.4) is 0 Å². The molecular weight excluding hydrogens is 174 g/mol. The molecule has 0 bridgehead atoms. The van der Waals surface area contributed by atoms with Gasteiger partial charge in [-0.15, -0.1) is 0 Å². The van der Waals surface area contributed by atoms with E-state index in [9.17, 15) is 0 Å². The third-order valence-electron chi connectivity index (χ3n) is 2.95. The van der Waals surface area contributed by atoms with Crippen molar-refractivity contribution >= 4 is 0 Å². The summed E-state index contributed by atoms with van der Waals surface area (Å²) in [5, 5.41) is 12.4. The maximum atomic E-state index is 9.08. The monoisotopic (exact) mass is 191 g/mol. The van der Waals surface area contributed by atoms with Gasteiger partial charge in [-0.2, -0.15) is 0 Å². The molecule has 1 aromatic carbocycles. The van der Waals surface area contributed by atoms with Crippen LogP contribution < -0.4 is 5.32 Å². The molecular formula is C12H17NO. The Morgan fingerprint density at radius 2 is 2.29 bits per heavy atom. The van der Waals surface area contributed by atoms with E-state index < -0.39 is 0 Å². The number of hydrogen-bond donors (Lipinski definition) is 2. The van der Waals surface area contributed by atoms with Crippen LogP contribution in [0.5, 0.6) is 0 Å². The largest absolute Gasteiger partial charge is 0.395 e. The van der Waals surface area contributed by atoms with Gasteiger partial charge in [0.05, 0.1) is 6.61 Å². The molecule has 1 aliphatic rings. The Bertz CT molecular complexity index is 322. The lowest BCUT2D eigenvalue weighted by Crippen LogP contribution is -2.38. The molecule has 2 nitrogen and oxygen atoms in total. The molecule has 0 aliphatic carbocycles. The van der Waals surface area contributed by atoms with Gasteiger partial charge in [0.1, 0.15) is 0 Å². The zero-order chi connectivity index (χ0) is 9.97.